The Bertz CT molecular complexity index is 1290. The molecule has 1 amide bonds. The molecule has 2 aromatic rings. The number of hydrogen-bond donors (Lipinski definition) is 2. The van der Waals surface area contributed by atoms with Crippen molar-refractivity contribution in [2.75, 3.05) is 57.4 Å². The van der Waals surface area contributed by atoms with Crippen LogP contribution in [0.2, 0.25) is 0 Å². The summed E-state index contributed by atoms with van der Waals surface area (Å²) in [5.74, 6) is 0.553. The average molecular weight is 580 g/mol. The van der Waals surface area contributed by atoms with Crippen LogP contribution in [0.4, 0.5) is 5.69 Å². The van der Waals surface area contributed by atoms with Gasteiger partial charge in [0.2, 0.25) is 0 Å². The third-order valence-electron chi connectivity index (χ3n) is 9.54. The summed E-state index contributed by atoms with van der Waals surface area (Å²) in [6.07, 6.45) is 4.11. The number of nitrogens with zero attached hydrogens (tertiary/aromatic N) is 3. The van der Waals surface area contributed by atoms with Gasteiger partial charge in [-0.25, -0.2) is 0 Å². The molecule has 0 spiro atoms. The molecule has 230 valence electrons. The molecule has 0 atom stereocenters. The van der Waals surface area contributed by atoms with Crippen LogP contribution in [0.25, 0.3) is 0 Å². The van der Waals surface area contributed by atoms with Crippen molar-refractivity contribution < 1.29 is 14.3 Å². The lowest BCUT2D eigenvalue weighted by atomic mass is 9.87. The summed E-state index contributed by atoms with van der Waals surface area (Å²) >= 11 is 0. The Morgan fingerprint density at radius 2 is 1.79 bits per heavy atom. The van der Waals surface area contributed by atoms with E-state index in [0.29, 0.717) is 23.2 Å². The highest BCUT2D eigenvalue weighted by atomic mass is 16.5. The molecule has 1 aromatic carbocycles. The normalized spacial score (nSPS) is 22.0. The molecule has 5 rings (SSSR count). The maximum Gasteiger partial charge on any atom is 0.253 e. The zero-order chi connectivity index (χ0) is 29.8. The van der Waals surface area contributed by atoms with Gasteiger partial charge in [0.15, 0.2) is 0 Å². The Morgan fingerprint density at radius 3 is 2.43 bits per heavy atom. The lowest BCUT2D eigenvalue weighted by Gasteiger charge is -2.46. The van der Waals surface area contributed by atoms with Crippen molar-refractivity contribution in [3.63, 3.8) is 0 Å². The first-order valence-electron chi connectivity index (χ1n) is 15.9. The van der Waals surface area contributed by atoms with Crippen molar-refractivity contribution >= 4 is 11.6 Å². The van der Waals surface area contributed by atoms with Gasteiger partial charge in [0, 0.05) is 106 Å². The van der Waals surface area contributed by atoms with Gasteiger partial charge in [0.25, 0.3) is 11.5 Å². The number of hydrogen-bond acceptors (Lipinski definition) is 7. The van der Waals surface area contributed by atoms with E-state index in [9.17, 15) is 9.59 Å². The fraction of sp³-hybridized carbons (Fsp3) is 0.636. The molecule has 1 saturated carbocycles. The van der Waals surface area contributed by atoms with E-state index in [-0.39, 0.29) is 24.1 Å². The van der Waals surface area contributed by atoms with Gasteiger partial charge in [-0.2, -0.15) is 0 Å². The molecule has 9 nitrogen and oxygen atoms in total. The summed E-state index contributed by atoms with van der Waals surface area (Å²) in [5, 5.41) is 3.02. The van der Waals surface area contributed by atoms with Gasteiger partial charge >= 0.3 is 0 Å². The first-order chi connectivity index (χ1) is 20.3. The number of amides is 1. The maximum atomic E-state index is 13.7. The molecule has 42 heavy (non-hydrogen) atoms. The van der Waals surface area contributed by atoms with E-state index in [1.54, 1.807) is 0 Å². The largest absolute Gasteiger partial charge is 0.490 e. The second kappa shape index (κ2) is 13.6. The molecule has 3 heterocycles. The number of anilines is 1. The minimum Gasteiger partial charge on any atom is -0.490 e. The molecule has 1 aromatic heterocycles. The Labute approximate surface area is 250 Å². The van der Waals surface area contributed by atoms with Gasteiger partial charge in [-0.15, -0.1) is 0 Å². The van der Waals surface area contributed by atoms with Gasteiger partial charge in [0.05, 0.1) is 0 Å². The number of carbonyl (C=O) groups is 1. The highest BCUT2D eigenvalue weighted by molar-refractivity contribution is 5.97. The number of nitrogens with one attached hydrogen (secondary N) is 2. The summed E-state index contributed by atoms with van der Waals surface area (Å²) in [7, 11) is 0. The number of piperazine rings is 1. The molecule has 3 fully saturated rings. The molecule has 0 unspecified atom stereocenters. The van der Waals surface area contributed by atoms with Crippen LogP contribution in [-0.2, 0) is 11.3 Å². The van der Waals surface area contributed by atoms with Crippen LogP contribution in [0, 0.1) is 20.8 Å². The van der Waals surface area contributed by atoms with Gasteiger partial charge < -0.3 is 29.6 Å². The Hall–Kier alpha value is -2.88. The first kappa shape index (κ1) is 30.6. The van der Waals surface area contributed by atoms with E-state index < -0.39 is 0 Å². The minimum absolute atomic E-state index is 0.151. The number of aromatic amines is 1. The summed E-state index contributed by atoms with van der Waals surface area (Å²) in [5.41, 5.74) is 4.68. The predicted octanol–water partition coefficient (Wildman–Crippen LogP) is 3.78. The molecule has 0 radical (unpaired) electrons. The topological polar surface area (TPSA) is 90.1 Å². The van der Waals surface area contributed by atoms with Crippen LogP contribution < -0.4 is 20.5 Å². The van der Waals surface area contributed by atoms with Crippen LogP contribution in [0.1, 0.15) is 72.3 Å². The molecule has 9 heteroatoms. The fourth-order valence-electron chi connectivity index (χ4n) is 6.83. The molecule has 2 aliphatic heterocycles. The van der Waals surface area contributed by atoms with E-state index in [0.717, 1.165) is 106 Å². The summed E-state index contributed by atoms with van der Waals surface area (Å²) in [6, 6.07) is 6.89. The molecule has 0 bridgehead atoms. The Balaban J connectivity index is 1.34. The molecular formula is C33H49N5O4. The molecular weight excluding hydrogens is 530 g/mol. The number of aromatic nitrogens is 1. The third-order valence-corrected chi connectivity index (χ3v) is 9.54. The number of H-pyrrole nitrogens is 1. The van der Waals surface area contributed by atoms with Crippen molar-refractivity contribution in [2.45, 2.75) is 85.0 Å². The maximum absolute atomic E-state index is 13.7. The van der Waals surface area contributed by atoms with Crippen molar-refractivity contribution in [1.29, 1.82) is 0 Å². The summed E-state index contributed by atoms with van der Waals surface area (Å²) < 4.78 is 12.2. The van der Waals surface area contributed by atoms with Gasteiger partial charge in [-0.05, 0) is 70.3 Å². The van der Waals surface area contributed by atoms with Crippen molar-refractivity contribution in [3.8, 4) is 5.75 Å². The minimum atomic E-state index is -0.193. The average Bonchev–Trinajstić information content (AvgIpc) is 2.96. The number of benzene rings is 1. The second-order valence-corrected chi connectivity index (χ2v) is 12.2. The van der Waals surface area contributed by atoms with Gasteiger partial charge in [-0.3, -0.25) is 14.5 Å². The monoisotopic (exact) mass is 579 g/mol. The number of pyridine rings is 1. The highest BCUT2D eigenvalue weighted by Crippen LogP contribution is 2.36. The summed E-state index contributed by atoms with van der Waals surface area (Å²) in [4.78, 5) is 36.6. The smallest absolute Gasteiger partial charge is 0.253 e. The standard InChI is InChI=1S/C33H49N5O4/c1-6-36-10-12-37(13-11-36)26-17-27(18-26)42-28-19-29(32(39)34-21-30-22(3)16-23(4)35-33(30)40)24(5)31(20-28)38(7-2)25-8-14-41-15-9-25/h16,19-20,25-27H,6-15,17-18,21H2,1-5H3,(H,34,39)(H,35,40)/t26-,27+. The number of carbonyl (C=O) groups excluding carboxylic acids is 1. The van der Waals surface area contributed by atoms with Gasteiger partial charge in [0.1, 0.15) is 11.9 Å². The fourth-order valence-corrected chi connectivity index (χ4v) is 6.83. The molecule has 2 saturated heterocycles. The number of likely N-dealkylation sites (N-methyl/N-ethyl adjacent to an activating group) is 1. The number of ether oxygens (including phenoxy) is 2. The van der Waals surface area contributed by atoms with Crippen molar-refractivity contribution in [3.05, 3.63) is 56.5 Å². The van der Waals surface area contributed by atoms with E-state index in [4.69, 9.17) is 9.47 Å². The van der Waals surface area contributed by atoms with Crippen LogP contribution in [0.5, 0.6) is 5.75 Å². The lowest BCUT2D eigenvalue weighted by Crippen LogP contribution is -2.56. The molecule has 3 aliphatic rings. The van der Waals surface area contributed by atoms with Crippen molar-refractivity contribution in [2.24, 2.45) is 0 Å². The summed E-state index contributed by atoms with van der Waals surface area (Å²) in [6.45, 7) is 18.4. The van der Waals surface area contributed by atoms with E-state index in [1.807, 2.05) is 32.9 Å². The van der Waals surface area contributed by atoms with E-state index in [1.165, 1.54) is 0 Å². The molecule has 1 aliphatic carbocycles. The first-order valence-corrected chi connectivity index (χ1v) is 15.9. The predicted molar refractivity (Wildman–Crippen MR) is 167 cm³/mol. The van der Waals surface area contributed by atoms with Crippen LogP contribution >= 0.6 is 0 Å². The quantitative estimate of drug-likeness (QED) is 0.443. The zero-order valence-corrected chi connectivity index (χ0v) is 26.1. The van der Waals surface area contributed by atoms with Crippen LogP contribution in [0.15, 0.2) is 23.0 Å². The lowest BCUT2D eigenvalue weighted by molar-refractivity contribution is -0.00476. The van der Waals surface area contributed by atoms with E-state index in [2.05, 4.69) is 44.9 Å². The van der Waals surface area contributed by atoms with Gasteiger partial charge in [-0.1, -0.05) is 6.92 Å². The van der Waals surface area contributed by atoms with Crippen molar-refractivity contribution in [1.82, 2.24) is 20.1 Å². The third kappa shape index (κ3) is 6.84. The Morgan fingerprint density at radius 1 is 1.07 bits per heavy atom. The number of rotatable bonds is 10. The Kier molecular flexibility index (Phi) is 9.91. The highest BCUT2D eigenvalue weighted by Gasteiger charge is 2.36. The number of aryl methyl sites for hydroxylation is 2. The second-order valence-electron chi connectivity index (χ2n) is 12.2. The zero-order valence-electron chi connectivity index (χ0n) is 26.1. The SMILES string of the molecule is CCN1CCN([C@H]2C[C@@H](Oc3cc(C(=O)NCc4c(C)cc(C)[nH]c4=O)c(C)c(N(CC)C4CCOCC4)c3)C2)CC1. The van der Waals surface area contributed by atoms with E-state index >= 15 is 0 Å². The van der Waals surface area contributed by atoms with Crippen LogP contribution in [-0.4, -0.2) is 91.4 Å². The van der Waals surface area contributed by atoms with Crippen LogP contribution in [0.3, 0.4) is 0 Å². The molecule has 2 N–H and O–H groups in total.